The number of hydrogen-bond acceptors (Lipinski definition) is 5. The number of hydrogen-bond donors (Lipinski definition) is 1. The van der Waals surface area contributed by atoms with E-state index in [1.54, 1.807) is 0 Å². The fourth-order valence-corrected chi connectivity index (χ4v) is 2.03. The van der Waals surface area contributed by atoms with E-state index in [2.05, 4.69) is 28.9 Å². The molecule has 1 atom stereocenters. The molecule has 1 aromatic heterocycles. The van der Waals surface area contributed by atoms with Gasteiger partial charge in [0.05, 0.1) is 6.04 Å². The van der Waals surface area contributed by atoms with Crippen molar-refractivity contribution in [2.75, 3.05) is 18.0 Å². The Hall–Kier alpha value is -1.10. The van der Waals surface area contributed by atoms with E-state index in [4.69, 9.17) is 10.3 Å². The van der Waals surface area contributed by atoms with Gasteiger partial charge < -0.3 is 15.2 Å². The second kappa shape index (κ2) is 4.82. The molecular weight excluding hydrogens is 204 g/mol. The van der Waals surface area contributed by atoms with Crippen LogP contribution in [0.4, 0.5) is 5.95 Å². The SMILES string of the molecule is CC(C)C[C@@H](N)c1nc(N2CCCC2)no1. The Morgan fingerprint density at radius 3 is 2.69 bits per heavy atom. The Labute approximate surface area is 96.0 Å². The van der Waals surface area contributed by atoms with Crippen molar-refractivity contribution in [3.63, 3.8) is 0 Å². The van der Waals surface area contributed by atoms with Crippen molar-refractivity contribution in [2.24, 2.45) is 11.7 Å². The molecule has 0 unspecified atom stereocenters. The summed E-state index contributed by atoms with van der Waals surface area (Å²) in [5.74, 6) is 1.81. The summed E-state index contributed by atoms with van der Waals surface area (Å²) >= 11 is 0. The molecule has 0 aromatic carbocycles. The van der Waals surface area contributed by atoms with Gasteiger partial charge in [-0.1, -0.05) is 13.8 Å². The number of nitrogens with two attached hydrogens (primary N) is 1. The first-order chi connectivity index (χ1) is 7.66. The van der Waals surface area contributed by atoms with Crippen LogP contribution in [0, 0.1) is 5.92 Å². The molecule has 0 amide bonds. The Morgan fingerprint density at radius 2 is 2.06 bits per heavy atom. The minimum atomic E-state index is -0.135. The van der Waals surface area contributed by atoms with Crippen molar-refractivity contribution in [3.8, 4) is 0 Å². The highest BCUT2D eigenvalue weighted by atomic mass is 16.5. The van der Waals surface area contributed by atoms with Gasteiger partial charge in [0.15, 0.2) is 0 Å². The first-order valence-corrected chi connectivity index (χ1v) is 6.01. The van der Waals surface area contributed by atoms with Crippen molar-refractivity contribution < 1.29 is 4.52 Å². The minimum Gasteiger partial charge on any atom is -0.338 e. The molecule has 0 radical (unpaired) electrons. The van der Waals surface area contributed by atoms with Crippen LogP contribution in [0.3, 0.4) is 0 Å². The van der Waals surface area contributed by atoms with Crippen LogP contribution in [0.2, 0.25) is 0 Å². The van der Waals surface area contributed by atoms with Gasteiger partial charge in [0, 0.05) is 13.1 Å². The van der Waals surface area contributed by atoms with Gasteiger partial charge in [0.2, 0.25) is 5.89 Å². The summed E-state index contributed by atoms with van der Waals surface area (Å²) in [7, 11) is 0. The highest BCUT2D eigenvalue weighted by molar-refractivity contribution is 5.29. The minimum absolute atomic E-state index is 0.135. The molecule has 5 nitrogen and oxygen atoms in total. The standard InChI is InChI=1S/C11H20N4O/c1-8(2)7-9(12)10-13-11(14-16-10)15-5-3-4-6-15/h8-9H,3-7,12H2,1-2H3/t9-/m1/s1. The lowest BCUT2D eigenvalue weighted by atomic mass is 10.0. The van der Waals surface area contributed by atoms with Crippen molar-refractivity contribution >= 4 is 5.95 Å². The highest BCUT2D eigenvalue weighted by Crippen LogP contribution is 2.21. The molecule has 0 spiro atoms. The smallest absolute Gasteiger partial charge is 0.266 e. The maximum Gasteiger partial charge on any atom is 0.266 e. The molecule has 2 N–H and O–H groups in total. The molecule has 1 aliphatic heterocycles. The molecular formula is C11H20N4O. The summed E-state index contributed by atoms with van der Waals surface area (Å²) in [5.41, 5.74) is 5.99. The summed E-state index contributed by atoms with van der Waals surface area (Å²) in [4.78, 5) is 6.52. The van der Waals surface area contributed by atoms with E-state index in [1.807, 2.05) is 0 Å². The summed E-state index contributed by atoms with van der Waals surface area (Å²) in [6.45, 7) is 6.33. The molecule has 2 heterocycles. The zero-order valence-corrected chi connectivity index (χ0v) is 10.0. The van der Waals surface area contributed by atoms with Crippen molar-refractivity contribution in [1.82, 2.24) is 10.1 Å². The summed E-state index contributed by atoms with van der Waals surface area (Å²) in [5, 5.41) is 3.99. The Kier molecular flexibility index (Phi) is 3.43. The van der Waals surface area contributed by atoms with Gasteiger partial charge in [-0.3, -0.25) is 0 Å². The van der Waals surface area contributed by atoms with E-state index in [0.717, 1.165) is 19.5 Å². The summed E-state index contributed by atoms with van der Waals surface area (Å²) in [6.07, 6.45) is 3.30. The van der Waals surface area contributed by atoms with E-state index >= 15 is 0 Å². The quantitative estimate of drug-likeness (QED) is 0.843. The lowest BCUT2D eigenvalue weighted by Gasteiger charge is -2.10. The Morgan fingerprint density at radius 1 is 1.38 bits per heavy atom. The lowest BCUT2D eigenvalue weighted by Crippen LogP contribution is -2.19. The first-order valence-electron chi connectivity index (χ1n) is 6.01. The van der Waals surface area contributed by atoms with E-state index < -0.39 is 0 Å². The van der Waals surface area contributed by atoms with Gasteiger partial charge in [-0.15, -0.1) is 0 Å². The Bertz CT molecular complexity index is 330. The molecule has 1 aromatic rings. The molecule has 0 bridgehead atoms. The third kappa shape index (κ3) is 2.52. The van der Waals surface area contributed by atoms with Crippen molar-refractivity contribution in [1.29, 1.82) is 0 Å². The van der Waals surface area contributed by atoms with Crippen LogP contribution in [0.15, 0.2) is 4.52 Å². The van der Waals surface area contributed by atoms with E-state index in [1.165, 1.54) is 12.8 Å². The monoisotopic (exact) mass is 224 g/mol. The second-order valence-corrected chi connectivity index (χ2v) is 4.86. The molecule has 1 aliphatic rings. The molecule has 2 rings (SSSR count). The molecule has 0 aliphatic carbocycles. The van der Waals surface area contributed by atoms with Gasteiger partial charge >= 0.3 is 0 Å². The molecule has 5 heteroatoms. The van der Waals surface area contributed by atoms with Crippen LogP contribution in [-0.2, 0) is 0 Å². The van der Waals surface area contributed by atoms with Gasteiger partial charge in [0.25, 0.3) is 5.95 Å². The van der Waals surface area contributed by atoms with Crippen LogP contribution in [-0.4, -0.2) is 23.2 Å². The maximum atomic E-state index is 5.99. The van der Waals surface area contributed by atoms with Crippen LogP contribution >= 0.6 is 0 Å². The van der Waals surface area contributed by atoms with Crippen LogP contribution in [0.1, 0.15) is 45.0 Å². The number of nitrogens with zero attached hydrogens (tertiary/aromatic N) is 3. The average Bonchev–Trinajstić information content (AvgIpc) is 2.87. The van der Waals surface area contributed by atoms with Crippen LogP contribution < -0.4 is 10.6 Å². The van der Waals surface area contributed by atoms with Crippen LogP contribution in [0.25, 0.3) is 0 Å². The molecule has 0 saturated carbocycles. The predicted octanol–water partition coefficient (Wildman–Crippen LogP) is 1.72. The molecule has 16 heavy (non-hydrogen) atoms. The van der Waals surface area contributed by atoms with Crippen molar-refractivity contribution in [2.45, 2.75) is 39.2 Å². The number of aromatic nitrogens is 2. The predicted molar refractivity (Wildman–Crippen MR) is 62.1 cm³/mol. The second-order valence-electron chi connectivity index (χ2n) is 4.86. The van der Waals surface area contributed by atoms with Gasteiger partial charge in [-0.2, -0.15) is 4.98 Å². The maximum absolute atomic E-state index is 5.99. The third-order valence-corrected chi connectivity index (χ3v) is 2.86. The number of anilines is 1. The van der Waals surface area contributed by atoms with E-state index in [9.17, 15) is 0 Å². The van der Waals surface area contributed by atoms with Gasteiger partial charge in [-0.25, -0.2) is 0 Å². The fourth-order valence-electron chi connectivity index (χ4n) is 2.03. The normalized spacial score (nSPS) is 18.4. The van der Waals surface area contributed by atoms with E-state index in [-0.39, 0.29) is 6.04 Å². The summed E-state index contributed by atoms with van der Waals surface area (Å²) < 4.78 is 5.21. The Balaban J connectivity index is 2.00. The highest BCUT2D eigenvalue weighted by Gasteiger charge is 2.21. The number of rotatable bonds is 4. The lowest BCUT2D eigenvalue weighted by molar-refractivity contribution is 0.335. The third-order valence-electron chi connectivity index (χ3n) is 2.86. The van der Waals surface area contributed by atoms with Gasteiger partial charge in [0.1, 0.15) is 0 Å². The zero-order chi connectivity index (χ0) is 11.5. The molecule has 90 valence electrons. The van der Waals surface area contributed by atoms with E-state index in [0.29, 0.717) is 17.8 Å². The van der Waals surface area contributed by atoms with Crippen LogP contribution in [0.5, 0.6) is 0 Å². The fraction of sp³-hybridized carbons (Fsp3) is 0.818. The average molecular weight is 224 g/mol. The first kappa shape index (κ1) is 11.4. The largest absolute Gasteiger partial charge is 0.338 e. The molecule has 1 saturated heterocycles. The topological polar surface area (TPSA) is 68.2 Å². The zero-order valence-electron chi connectivity index (χ0n) is 10.0. The molecule has 1 fully saturated rings. The van der Waals surface area contributed by atoms with Gasteiger partial charge in [-0.05, 0) is 30.3 Å². The summed E-state index contributed by atoms with van der Waals surface area (Å²) in [6, 6.07) is -0.135. The van der Waals surface area contributed by atoms with Crippen molar-refractivity contribution in [3.05, 3.63) is 5.89 Å².